The van der Waals surface area contributed by atoms with Gasteiger partial charge in [-0.15, -0.1) is 13.2 Å². The van der Waals surface area contributed by atoms with Crippen molar-refractivity contribution in [1.29, 1.82) is 0 Å². The van der Waals surface area contributed by atoms with Gasteiger partial charge in [0.25, 0.3) is 0 Å². The zero-order chi connectivity index (χ0) is 14.8. The highest BCUT2D eigenvalue weighted by Crippen LogP contribution is 2.28. The fourth-order valence-corrected chi connectivity index (χ4v) is 1.73. The second-order valence-electron chi connectivity index (χ2n) is 4.04. The topological polar surface area (TPSA) is 29.5 Å². The van der Waals surface area contributed by atoms with E-state index in [-0.39, 0.29) is 11.3 Å². The second-order valence-corrected chi connectivity index (χ2v) is 4.04. The van der Waals surface area contributed by atoms with Gasteiger partial charge in [0.15, 0.2) is 0 Å². The summed E-state index contributed by atoms with van der Waals surface area (Å²) in [6.07, 6.45) is -4.77. The minimum Gasteiger partial charge on any atom is -0.406 e. The molecule has 0 spiro atoms. The highest BCUT2D eigenvalue weighted by atomic mass is 19.4. The third-order valence-corrected chi connectivity index (χ3v) is 2.62. The Morgan fingerprint density at radius 1 is 1.00 bits per heavy atom. The molecule has 0 aliphatic rings. The van der Waals surface area contributed by atoms with Crippen LogP contribution in [0, 0.1) is 5.82 Å². The molecule has 0 heterocycles. The van der Waals surface area contributed by atoms with Crippen LogP contribution in [0.15, 0.2) is 42.5 Å². The first-order chi connectivity index (χ1) is 9.39. The number of aliphatic hydroxyl groups is 1. The number of aliphatic hydroxyl groups excluding tert-OH is 1. The fourth-order valence-electron chi connectivity index (χ4n) is 1.73. The lowest BCUT2D eigenvalue weighted by atomic mass is 10.0. The van der Waals surface area contributed by atoms with E-state index in [1.807, 2.05) is 0 Å². The summed E-state index contributed by atoms with van der Waals surface area (Å²) in [6.45, 7) is -0.441. The Bertz CT molecular complexity index is 608. The third-order valence-electron chi connectivity index (χ3n) is 2.62. The molecule has 106 valence electrons. The van der Waals surface area contributed by atoms with Gasteiger partial charge >= 0.3 is 6.36 Å². The minimum absolute atomic E-state index is 0.122. The van der Waals surface area contributed by atoms with Crippen LogP contribution in [0.5, 0.6) is 5.75 Å². The van der Waals surface area contributed by atoms with Crippen molar-refractivity contribution in [2.45, 2.75) is 13.0 Å². The van der Waals surface area contributed by atoms with E-state index in [2.05, 4.69) is 4.74 Å². The Morgan fingerprint density at radius 3 is 2.30 bits per heavy atom. The van der Waals surface area contributed by atoms with Gasteiger partial charge < -0.3 is 9.84 Å². The zero-order valence-corrected chi connectivity index (χ0v) is 10.1. The Labute approximate surface area is 112 Å². The Kier molecular flexibility index (Phi) is 3.94. The number of hydrogen-bond donors (Lipinski definition) is 1. The third kappa shape index (κ3) is 3.48. The number of alkyl halides is 3. The first kappa shape index (κ1) is 14.3. The molecule has 6 heteroatoms. The van der Waals surface area contributed by atoms with E-state index < -0.39 is 18.8 Å². The molecule has 0 aliphatic carbocycles. The van der Waals surface area contributed by atoms with Gasteiger partial charge in [-0.25, -0.2) is 4.39 Å². The van der Waals surface area contributed by atoms with Crippen LogP contribution in [0.4, 0.5) is 17.6 Å². The molecule has 2 rings (SSSR count). The first-order valence-electron chi connectivity index (χ1n) is 5.64. The quantitative estimate of drug-likeness (QED) is 0.868. The van der Waals surface area contributed by atoms with E-state index in [4.69, 9.17) is 5.11 Å². The number of benzene rings is 2. The molecule has 0 saturated heterocycles. The average molecular weight is 286 g/mol. The summed E-state index contributed by atoms with van der Waals surface area (Å²) < 4.78 is 53.7. The Balaban J connectivity index is 2.33. The maximum absolute atomic E-state index is 13.5. The molecule has 0 unspecified atom stereocenters. The smallest absolute Gasteiger partial charge is 0.406 e. The van der Waals surface area contributed by atoms with Gasteiger partial charge in [-0.2, -0.15) is 0 Å². The minimum atomic E-state index is -4.77. The van der Waals surface area contributed by atoms with E-state index in [1.54, 1.807) is 0 Å². The summed E-state index contributed by atoms with van der Waals surface area (Å²) in [5, 5.41) is 8.87. The Morgan fingerprint density at radius 2 is 1.70 bits per heavy atom. The normalized spacial score (nSPS) is 11.4. The van der Waals surface area contributed by atoms with Crippen LogP contribution in [-0.4, -0.2) is 11.5 Å². The van der Waals surface area contributed by atoms with Crippen molar-refractivity contribution in [3.05, 3.63) is 53.8 Å². The van der Waals surface area contributed by atoms with Crippen LogP contribution in [0.3, 0.4) is 0 Å². The summed E-state index contributed by atoms with van der Waals surface area (Å²) in [5.74, 6) is -0.992. The summed E-state index contributed by atoms with van der Waals surface area (Å²) in [5.41, 5.74) is 0.902. The van der Waals surface area contributed by atoms with Gasteiger partial charge in [0, 0.05) is 5.56 Å². The van der Waals surface area contributed by atoms with Crippen molar-refractivity contribution < 1.29 is 27.4 Å². The largest absolute Gasteiger partial charge is 0.573 e. The number of hydrogen-bond acceptors (Lipinski definition) is 2. The fraction of sp³-hybridized carbons (Fsp3) is 0.143. The molecule has 0 saturated carbocycles. The molecule has 2 aromatic rings. The van der Waals surface area contributed by atoms with Crippen molar-refractivity contribution in [3.63, 3.8) is 0 Å². The van der Waals surface area contributed by atoms with Crippen molar-refractivity contribution in [2.24, 2.45) is 0 Å². The van der Waals surface area contributed by atoms with E-state index in [0.29, 0.717) is 11.1 Å². The lowest BCUT2D eigenvalue weighted by Gasteiger charge is -2.10. The molecule has 1 N–H and O–H groups in total. The van der Waals surface area contributed by atoms with E-state index in [1.165, 1.54) is 30.3 Å². The predicted octanol–water partition coefficient (Wildman–Crippen LogP) is 3.88. The van der Waals surface area contributed by atoms with Crippen molar-refractivity contribution in [1.82, 2.24) is 0 Å². The summed E-state index contributed by atoms with van der Waals surface area (Å²) in [6, 6.07) is 9.29. The highest BCUT2D eigenvalue weighted by molar-refractivity contribution is 5.65. The highest BCUT2D eigenvalue weighted by Gasteiger charge is 2.31. The van der Waals surface area contributed by atoms with Crippen molar-refractivity contribution in [2.75, 3.05) is 0 Å². The number of halogens is 4. The van der Waals surface area contributed by atoms with Crippen LogP contribution >= 0.6 is 0 Å². The molecule has 0 atom stereocenters. The molecule has 0 fully saturated rings. The molecular weight excluding hydrogens is 276 g/mol. The van der Waals surface area contributed by atoms with Gasteiger partial charge in [-0.05, 0) is 29.3 Å². The average Bonchev–Trinajstić information content (AvgIpc) is 2.37. The van der Waals surface area contributed by atoms with Crippen LogP contribution in [0.2, 0.25) is 0 Å². The van der Waals surface area contributed by atoms with E-state index >= 15 is 0 Å². The molecule has 0 aliphatic heterocycles. The second kappa shape index (κ2) is 5.50. The van der Waals surface area contributed by atoms with Crippen LogP contribution in [0.25, 0.3) is 11.1 Å². The molecule has 20 heavy (non-hydrogen) atoms. The number of ether oxygens (including phenoxy) is 1. The van der Waals surface area contributed by atoms with Crippen LogP contribution in [-0.2, 0) is 6.61 Å². The molecule has 0 radical (unpaired) electrons. The molecule has 2 aromatic carbocycles. The van der Waals surface area contributed by atoms with Gasteiger partial charge in [0.2, 0.25) is 0 Å². The molecule has 2 nitrogen and oxygen atoms in total. The maximum atomic E-state index is 13.5. The zero-order valence-electron chi connectivity index (χ0n) is 10.1. The molecule has 0 amide bonds. The molecule has 0 aromatic heterocycles. The lowest BCUT2D eigenvalue weighted by molar-refractivity contribution is -0.274. The van der Waals surface area contributed by atoms with E-state index in [0.717, 1.165) is 12.1 Å². The standard InChI is InChI=1S/C14H10F4O2/c15-13-7-10(4-5-11(13)8-19)9-2-1-3-12(6-9)20-14(16,17)18/h1-7,19H,8H2. The first-order valence-corrected chi connectivity index (χ1v) is 5.64. The number of rotatable bonds is 3. The van der Waals surface area contributed by atoms with Gasteiger partial charge in [0.05, 0.1) is 6.61 Å². The predicted molar refractivity (Wildman–Crippen MR) is 64.4 cm³/mol. The van der Waals surface area contributed by atoms with E-state index in [9.17, 15) is 17.6 Å². The summed E-state index contributed by atoms with van der Waals surface area (Å²) in [7, 11) is 0. The molecule has 0 bridgehead atoms. The van der Waals surface area contributed by atoms with Crippen molar-refractivity contribution in [3.8, 4) is 16.9 Å². The van der Waals surface area contributed by atoms with Crippen LogP contribution < -0.4 is 4.74 Å². The lowest BCUT2D eigenvalue weighted by Crippen LogP contribution is -2.17. The van der Waals surface area contributed by atoms with Crippen LogP contribution in [0.1, 0.15) is 5.56 Å². The summed E-state index contributed by atoms with van der Waals surface area (Å²) in [4.78, 5) is 0. The Hall–Kier alpha value is -2.08. The summed E-state index contributed by atoms with van der Waals surface area (Å²) >= 11 is 0. The molecular formula is C14H10F4O2. The van der Waals surface area contributed by atoms with Gasteiger partial charge in [-0.1, -0.05) is 24.3 Å². The monoisotopic (exact) mass is 286 g/mol. The van der Waals surface area contributed by atoms with Gasteiger partial charge in [-0.3, -0.25) is 0 Å². The van der Waals surface area contributed by atoms with Gasteiger partial charge in [0.1, 0.15) is 11.6 Å². The SMILES string of the molecule is OCc1ccc(-c2cccc(OC(F)(F)F)c2)cc1F. The van der Waals surface area contributed by atoms with Crippen molar-refractivity contribution >= 4 is 0 Å². The maximum Gasteiger partial charge on any atom is 0.573 e.